The number of anilines is 1. The minimum absolute atomic E-state index is 0.473. The van der Waals surface area contributed by atoms with Crippen molar-refractivity contribution in [2.75, 3.05) is 11.9 Å². The molecule has 96 valence electrons. The van der Waals surface area contributed by atoms with E-state index in [0.29, 0.717) is 12.5 Å². The van der Waals surface area contributed by atoms with Crippen molar-refractivity contribution in [1.29, 1.82) is 0 Å². The van der Waals surface area contributed by atoms with E-state index in [4.69, 9.17) is 0 Å². The van der Waals surface area contributed by atoms with Crippen molar-refractivity contribution in [1.82, 2.24) is 4.98 Å². The van der Waals surface area contributed by atoms with Crippen LogP contribution in [0.2, 0.25) is 0 Å². The fourth-order valence-electron chi connectivity index (χ4n) is 1.89. The number of pyridine rings is 1. The lowest BCUT2D eigenvalue weighted by molar-refractivity contribution is 0.0514. The molecule has 0 bridgehead atoms. The third-order valence-electron chi connectivity index (χ3n) is 2.57. The molecular formula is C13H21BrN2O. The molecule has 1 unspecified atom stereocenters. The van der Waals surface area contributed by atoms with Crippen LogP contribution in [0.1, 0.15) is 32.8 Å². The van der Waals surface area contributed by atoms with E-state index in [1.54, 1.807) is 6.20 Å². The van der Waals surface area contributed by atoms with Crippen LogP contribution in [-0.4, -0.2) is 22.2 Å². The fraction of sp³-hybridized carbons (Fsp3) is 0.615. The van der Waals surface area contributed by atoms with Crippen molar-refractivity contribution in [3.8, 4) is 0 Å². The molecule has 0 radical (unpaired) electrons. The summed E-state index contributed by atoms with van der Waals surface area (Å²) in [6.45, 7) is 8.58. The first-order valence-corrected chi connectivity index (χ1v) is 6.68. The van der Waals surface area contributed by atoms with Crippen molar-refractivity contribution in [3.05, 3.63) is 22.3 Å². The average Bonchev–Trinajstić information content (AvgIpc) is 2.18. The molecule has 0 fully saturated rings. The van der Waals surface area contributed by atoms with E-state index in [-0.39, 0.29) is 0 Å². The van der Waals surface area contributed by atoms with Gasteiger partial charge in [0.15, 0.2) is 0 Å². The van der Waals surface area contributed by atoms with E-state index in [1.165, 1.54) is 0 Å². The summed E-state index contributed by atoms with van der Waals surface area (Å²) in [4.78, 5) is 4.25. The number of halogens is 1. The second-order valence-electron chi connectivity index (χ2n) is 5.24. The molecule has 1 heterocycles. The van der Waals surface area contributed by atoms with Crippen LogP contribution in [0.5, 0.6) is 0 Å². The molecule has 1 rings (SSSR count). The predicted octanol–water partition coefficient (Wildman–Crippen LogP) is 3.36. The number of rotatable bonds is 5. The Morgan fingerprint density at radius 1 is 1.53 bits per heavy atom. The van der Waals surface area contributed by atoms with E-state index in [0.717, 1.165) is 22.3 Å². The van der Waals surface area contributed by atoms with Gasteiger partial charge in [0, 0.05) is 12.7 Å². The van der Waals surface area contributed by atoms with Gasteiger partial charge in [-0.15, -0.1) is 0 Å². The highest BCUT2D eigenvalue weighted by molar-refractivity contribution is 9.10. The third kappa shape index (κ3) is 4.64. The lowest BCUT2D eigenvalue weighted by Crippen LogP contribution is -2.35. The molecule has 1 aromatic heterocycles. The van der Waals surface area contributed by atoms with Crippen LogP contribution < -0.4 is 5.32 Å². The average molecular weight is 301 g/mol. The van der Waals surface area contributed by atoms with Crippen LogP contribution >= 0.6 is 15.9 Å². The summed E-state index contributed by atoms with van der Waals surface area (Å²) in [6, 6.07) is 1.95. The van der Waals surface area contributed by atoms with Crippen molar-refractivity contribution in [3.63, 3.8) is 0 Å². The quantitative estimate of drug-likeness (QED) is 0.876. The molecule has 4 heteroatoms. The van der Waals surface area contributed by atoms with Crippen molar-refractivity contribution >= 4 is 21.7 Å². The van der Waals surface area contributed by atoms with Crippen LogP contribution in [0.4, 0.5) is 5.82 Å². The summed E-state index contributed by atoms with van der Waals surface area (Å²) < 4.78 is 0.959. The summed E-state index contributed by atoms with van der Waals surface area (Å²) in [5, 5.41) is 13.4. The van der Waals surface area contributed by atoms with Crippen LogP contribution in [0.25, 0.3) is 0 Å². The summed E-state index contributed by atoms with van der Waals surface area (Å²) in [5.74, 6) is 1.26. The van der Waals surface area contributed by atoms with Crippen LogP contribution in [0, 0.1) is 12.8 Å². The highest BCUT2D eigenvalue weighted by atomic mass is 79.9. The maximum absolute atomic E-state index is 10.2. The summed E-state index contributed by atoms with van der Waals surface area (Å²) in [7, 11) is 0. The molecule has 0 spiro atoms. The first kappa shape index (κ1) is 14.5. The highest BCUT2D eigenvalue weighted by Gasteiger charge is 2.22. The Bertz CT molecular complexity index is 378. The minimum Gasteiger partial charge on any atom is -0.388 e. The Balaban J connectivity index is 2.64. The SMILES string of the molecule is Cc1ccnc(NCC(C)(O)CC(C)C)c1Br. The van der Waals surface area contributed by atoms with Gasteiger partial charge in [-0.05, 0) is 53.7 Å². The molecule has 0 aromatic carbocycles. The highest BCUT2D eigenvalue weighted by Crippen LogP contribution is 2.24. The van der Waals surface area contributed by atoms with Gasteiger partial charge in [0.2, 0.25) is 0 Å². The molecule has 0 aliphatic carbocycles. The van der Waals surface area contributed by atoms with E-state index in [1.807, 2.05) is 19.9 Å². The number of nitrogens with zero attached hydrogens (tertiary/aromatic N) is 1. The standard InChI is InChI=1S/C13H21BrN2O/c1-9(2)7-13(4,17)8-16-12-11(14)10(3)5-6-15-12/h5-6,9,17H,7-8H2,1-4H3,(H,15,16). The Labute approximate surface area is 112 Å². The van der Waals surface area contributed by atoms with Crippen LogP contribution in [0.3, 0.4) is 0 Å². The fourth-order valence-corrected chi connectivity index (χ4v) is 2.26. The predicted molar refractivity (Wildman–Crippen MR) is 75.2 cm³/mol. The zero-order valence-corrected chi connectivity index (χ0v) is 12.5. The van der Waals surface area contributed by atoms with Crippen LogP contribution in [-0.2, 0) is 0 Å². The molecule has 1 aromatic rings. The Hall–Kier alpha value is -0.610. The Morgan fingerprint density at radius 3 is 2.76 bits per heavy atom. The van der Waals surface area contributed by atoms with Crippen molar-refractivity contribution < 1.29 is 5.11 Å². The molecule has 3 nitrogen and oxygen atoms in total. The summed E-state index contributed by atoms with van der Waals surface area (Å²) in [5.41, 5.74) is 0.421. The maximum Gasteiger partial charge on any atom is 0.140 e. The van der Waals surface area contributed by atoms with Gasteiger partial charge < -0.3 is 10.4 Å². The lowest BCUT2D eigenvalue weighted by Gasteiger charge is -2.26. The first-order chi connectivity index (χ1) is 7.82. The van der Waals surface area contributed by atoms with Crippen molar-refractivity contribution in [2.45, 2.75) is 39.7 Å². The van der Waals surface area contributed by atoms with Crippen LogP contribution in [0.15, 0.2) is 16.7 Å². The Morgan fingerprint density at radius 2 is 2.18 bits per heavy atom. The molecule has 0 saturated heterocycles. The molecule has 0 aliphatic rings. The third-order valence-corrected chi connectivity index (χ3v) is 3.57. The first-order valence-electron chi connectivity index (χ1n) is 5.89. The maximum atomic E-state index is 10.2. The molecule has 0 amide bonds. The van der Waals surface area contributed by atoms with Crippen molar-refractivity contribution in [2.24, 2.45) is 5.92 Å². The number of hydrogen-bond donors (Lipinski definition) is 2. The van der Waals surface area contributed by atoms with E-state index in [9.17, 15) is 5.11 Å². The lowest BCUT2D eigenvalue weighted by atomic mass is 9.94. The van der Waals surface area contributed by atoms with Gasteiger partial charge in [-0.3, -0.25) is 0 Å². The number of aromatic nitrogens is 1. The van der Waals surface area contributed by atoms with Gasteiger partial charge in [0.1, 0.15) is 5.82 Å². The Kier molecular flexibility index (Phi) is 4.95. The zero-order chi connectivity index (χ0) is 13.1. The minimum atomic E-state index is -0.709. The molecule has 0 saturated carbocycles. The van der Waals surface area contributed by atoms with Gasteiger partial charge in [-0.25, -0.2) is 4.98 Å². The second kappa shape index (κ2) is 5.83. The van der Waals surface area contributed by atoms with Gasteiger partial charge in [0.05, 0.1) is 10.1 Å². The second-order valence-corrected chi connectivity index (χ2v) is 6.03. The van der Waals surface area contributed by atoms with E-state index >= 15 is 0 Å². The van der Waals surface area contributed by atoms with E-state index < -0.39 is 5.60 Å². The largest absolute Gasteiger partial charge is 0.388 e. The number of aryl methyl sites for hydroxylation is 1. The summed E-state index contributed by atoms with van der Waals surface area (Å²) >= 11 is 3.49. The molecule has 1 atom stereocenters. The van der Waals surface area contributed by atoms with Gasteiger partial charge >= 0.3 is 0 Å². The number of hydrogen-bond acceptors (Lipinski definition) is 3. The topological polar surface area (TPSA) is 45.2 Å². The molecule has 17 heavy (non-hydrogen) atoms. The molecule has 2 N–H and O–H groups in total. The molecular weight excluding hydrogens is 280 g/mol. The smallest absolute Gasteiger partial charge is 0.140 e. The summed E-state index contributed by atoms with van der Waals surface area (Å²) in [6.07, 6.45) is 2.53. The number of nitrogens with one attached hydrogen (secondary N) is 1. The van der Waals surface area contributed by atoms with E-state index in [2.05, 4.69) is 40.1 Å². The number of aliphatic hydroxyl groups is 1. The normalized spacial score (nSPS) is 14.8. The molecule has 0 aliphatic heterocycles. The zero-order valence-electron chi connectivity index (χ0n) is 10.9. The van der Waals surface area contributed by atoms with Gasteiger partial charge in [-0.2, -0.15) is 0 Å². The van der Waals surface area contributed by atoms with Gasteiger partial charge in [-0.1, -0.05) is 13.8 Å². The monoisotopic (exact) mass is 300 g/mol. The van der Waals surface area contributed by atoms with Gasteiger partial charge in [0.25, 0.3) is 0 Å².